The minimum absolute atomic E-state index is 0.266. The zero-order chi connectivity index (χ0) is 20.0. The highest BCUT2D eigenvalue weighted by Crippen LogP contribution is 2.29. The zero-order valence-electron chi connectivity index (χ0n) is 15.5. The summed E-state index contributed by atoms with van der Waals surface area (Å²) < 4.78 is 26.9. The van der Waals surface area contributed by atoms with E-state index in [1.807, 2.05) is 0 Å². The molecule has 0 saturated heterocycles. The molecule has 27 heavy (non-hydrogen) atoms. The second kappa shape index (κ2) is 9.18. The monoisotopic (exact) mass is 391 g/mol. The summed E-state index contributed by atoms with van der Waals surface area (Å²) in [6, 6.07) is 11.1. The first kappa shape index (κ1) is 20.4. The highest BCUT2D eigenvalue weighted by atomic mass is 32.2. The Labute approximate surface area is 160 Å². The van der Waals surface area contributed by atoms with Gasteiger partial charge >= 0.3 is 5.97 Å². The fourth-order valence-electron chi connectivity index (χ4n) is 2.21. The Balaban J connectivity index is 2.05. The van der Waals surface area contributed by atoms with E-state index in [4.69, 9.17) is 14.2 Å². The Bertz CT molecular complexity index is 850. The molecule has 2 atom stereocenters. The number of benzene rings is 2. The number of amides is 1. The van der Waals surface area contributed by atoms with Gasteiger partial charge in [-0.05, 0) is 43.3 Å². The van der Waals surface area contributed by atoms with E-state index in [-0.39, 0.29) is 5.56 Å². The molecule has 0 spiro atoms. The SMILES string of the molecule is COc1ccc(OC)c(NC(=O)C(C)OC(=O)c2ccc(S(C)=O)cc2)c1. The van der Waals surface area contributed by atoms with Gasteiger partial charge in [0.2, 0.25) is 0 Å². The first-order chi connectivity index (χ1) is 12.8. The molecule has 0 aliphatic rings. The van der Waals surface area contributed by atoms with Crippen molar-refractivity contribution in [2.24, 2.45) is 0 Å². The van der Waals surface area contributed by atoms with Gasteiger partial charge in [-0.15, -0.1) is 0 Å². The van der Waals surface area contributed by atoms with Crippen LogP contribution in [-0.4, -0.2) is 42.7 Å². The molecule has 0 radical (unpaired) electrons. The Morgan fingerprint density at radius 3 is 2.26 bits per heavy atom. The van der Waals surface area contributed by atoms with Gasteiger partial charge < -0.3 is 19.5 Å². The van der Waals surface area contributed by atoms with Crippen molar-refractivity contribution in [1.82, 2.24) is 0 Å². The average molecular weight is 391 g/mol. The zero-order valence-corrected chi connectivity index (χ0v) is 16.3. The molecule has 0 saturated carbocycles. The van der Waals surface area contributed by atoms with Crippen molar-refractivity contribution in [3.63, 3.8) is 0 Å². The molecular weight excluding hydrogens is 370 g/mol. The fraction of sp³-hybridized carbons (Fsp3) is 0.263. The lowest BCUT2D eigenvalue weighted by Crippen LogP contribution is -2.30. The number of carbonyl (C=O) groups excluding carboxylic acids is 2. The third-order valence-electron chi connectivity index (χ3n) is 3.74. The Morgan fingerprint density at radius 2 is 1.70 bits per heavy atom. The van der Waals surface area contributed by atoms with Crippen molar-refractivity contribution in [2.45, 2.75) is 17.9 Å². The van der Waals surface area contributed by atoms with Crippen molar-refractivity contribution in [3.8, 4) is 11.5 Å². The van der Waals surface area contributed by atoms with E-state index in [0.717, 1.165) is 0 Å². The molecule has 0 aliphatic carbocycles. The number of rotatable bonds is 7. The van der Waals surface area contributed by atoms with Crippen LogP contribution in [-0.2, 0) is 20.3 Å². The largest absolute Gasteiger partial charge is 0.497 e. The normalized spacial score (nSPS) is 12.6. The lowest BCUT2D eigenvalue weighted by atomic mass is 10.2. The third kappa shape index (κ3) is 5.30. The molecule has 0 aliphatic heterocycles. The minimum Gasteiger partial charge on any atom is -0.497 e. The molecule has 0 aromatic heterocycles. The van der Waals surface area contributed by atoms with Crippen LogP contribution in [0, 0.1) is 0 Å². The lowest BCUT2D eigenvalue weighted by Gasteiger charge is -2.16. The number of hydrogen-bond acceptors (Lipinski definition) is 6. The van der Waals surface area contributed by atoms with Gasteiger partial charge in [0.1, 0.15) is 11.5 Å². The summed E-state index contributed by atoms with van der Waals surface area (Å²) in [5.41, 5.74) is 0.669. The molecule has 0 heterocycles. The van der Waals surface area contributed by atoms with Crippen LogP contribution in [0.2, 0.25) is 0 Å². The number of anilines is 1. The maximum Gasteiger partial charge on any atom is 0.338 e. The van der Waals surface area contributed by atoms with Gasteiger partial charge in [-0.3, -0.25) is 9.00 Å². The van der Waals surface area contributed by atoms with Gasteiger partial charge in [-0.2, -0.15) is 0 Å². The molecule has 2 aromatic carbocycles. The third-order valence-corrected chi connectivity index (χ3v) is 4.68. The number of hydrogen-bond donors (Lipinski definition) is 1. The summed E-state index contributed by atoms with van der Waals surface area (Å²) in [6.45, 7) is 1.47. The number of carbonyl (C=O) groups is 2. The standard InChI is InChI=1S/C19H21NO6S/c1-12(26-19(22)13-5-8-15(9-6-13)27(4)23)18(21)20-16-11-14(24-2)7-10-17(16)25-3/h5-12H,1-4H3,(H,20,21). The van der Waals surface area contributed by atoms with Crippen LogP contribution in [0.15, 0.2) is 47.4 Å². The quantitative estimate of drug-likeness (QED) is 0.730. The highest BCUT2D eigenvalue weighted by molar-refractivity contribution is 7.84. The van der Waals surface area contributed by atoms with Crippen LogP contribution >= 0.6 is 0 Å². The van der Waals surface area contributed by atoms with E-state index in [0.29, 0.717) is 22.1 Å². The number of nitrogens with one attached hydrogen (secondary N) is 1. The molecule has 0 fully saturated rings. The molecule has 144 valence electrons. The lowest BCUT2D eigenvalue weighted by molar-refractivity contribution is -0.123. The van der Waals surface area contributed by atoms with Gasteiger partial charge in [0, 0.05) is 28.0 Å². The van der Waals surface area contributed by atoms with E-state index in [2.05, 4.69) is 5.32 Å². The van der Waals surface area contributed by atoms with E-state index in [9.17, 15) is 13.8 Å². The summed E-state index contributed by atoms with van der Waals surface area (Å²) in [6.07, 6.45) is 0.514. The van der Waals surface area contributed by atoms with Crippen LogP contribution < -0.4 is 14.8 Å². The van der Waals surface area contributed by atoms with Crippen LogP contribution in [0.3, 0.4) is 0 Å². The summed E-state index contributed by atoms with van der Waals surface area (Å²) in [4.78, 5) is 25.2. The topological polar surface area (TPSA) is 90.9 Å². The Kier molecular flexibility index (Phi) is 6.95. The van der Waals surface area contributed by atoms with E-state index >= 15 is 0 Å². The van der Waals surface area contributed by atoms with Crippen molar-refractivity contribution in [2.75, 3.05) is 25.8 Å². The number of ether oxygens (including phenoxy) is 3. The van der Waals surface area contributed by atoms with Crippen LogP contribution in [0.25, 0.3) is 0 Å². The van der Waals surface area contributed by atoms with Gasteiger partial charge in [-0.1, -0.05) is 0 Å². The maximum atomic E-state index is 12.4. The van der Waals surface area contributed by atoms with Gasteiger partial charge in [0.15, 0.2) is 6.10 Å². The van der Waals surface area contributed by atoms with E-state index < -0.39 is 28.8 Å². The van der Waals surface area contributed by atoms with Crippen LogP contribution in [0.4, 0.5) is 5.69 Å². The molecule has 2 rings (SSSR count). The minimum atomic E-state index is -1.14. The van der Waals surface area contributed by atoms with Crippen molar-refractivity contribution < 1.29 is 28.0 Å². The molecule has 2 unspecified atom stereocenters. The number of esters is 1. The molecule has 1 amide bonds. The van der Waals surface area contributed by atoms with Crippen LogP contribution in [0.5, 0.6) is 11.5 Å². The molecule has 7 nitrogen and oxygen atoms in total. The summed E-state index contributed by atoms with van der Waals surface area (Å²) in [5, 5.41) is 2.66. The summed E-state index contributed by atoms with van der Waals surface area (Å²) in [5.74, 6) is -0.167. The predicted molar refractivity (Wildman–Crippen MR) is 102 cm³/mol. The van der Waals surface area contributed by atoms with E-state index in [1.54, 1.807) is 36.6 Å². The Hall–Kier alpha value is -2.87. The number of methoxy groups -OCH3 is 2. The molecule has 0 bridgehead atoms. The second-order valence-corrected chi connectivity index (χ2v) is 6.96. The Morgan fingerprint density at radius 1 is 1.04 bits per heavy atom. The smallest absolute Gasteiger partial charge is 0.338 e. The highest BCUT2D eigenvalue weighted by Gasteiger charge is 2.20. The van der Waals surface area contributed by atoms with Gasteiger partial charge in [0.25, 0.3) is 5.91 Å². The molecular formula is C19H21NO6S. The van der Waals surface area contributed by atoms with Crippen molar-refractivity contribution in [1.29, 1.82) is 0 Å². The first-order valence-corrected chi connectivity index (χ1v) is 9.59. The average Bonchev–Trinajstić information content (AvgIpc) is 2.67. The second-order valence-electron chi connectivity index (χ2n) is 5.58. The van der Waals surface area contributed by atoms with Gasteiger partial charge in [0.05, 0.1) is 25.5 Å². The fourth-order valence-corrected chi connectivity index (χ4v) is 2.73. The van der Waals surface area contributed by atoms with Gasteiger partial charge in [-0.25, -0.2) is 4.79 Å². The first-order valence-electron chi connectivity index (χ1n) is 8.03. The van der Waals surface area contributed by atoms with Crippen molar-refractivity contribution >= 4 is 28.4 Å². The predicted octanol–water partition coefficient (Wildman–Crippen LogP) is 2.63. The molecule has 8 heteroatoms. The molecule has 1 N–H and O–H groups in total. The maximum absolute atomic E-state index is 12.4. The summed E-state index contributed by atoms with van der Waals surface area (Å²) in [7, 11) is 1.86. The van der Waals surface area contributed by atoms with Crippen molar-refractivity contribution in [3.05, 3.63) is 48.0 Å². The van der Waals surface area contributed by atoms with E-state index in [1.165, 1.54) is 33.3 Å². The summed E-state index contributed by atoms with van der Waals surface area (Å²) >= 11 is 0. The molecule has 2 aromatic rings. The van der Waals surface area contributed by atoms with Crippen LogP contribution in [0.1, 0.15) is 17.3 Å².